The van der Waals surface area contributed by atoms with Crippen molar-refractivity contribution in [1.82, 2.24) is 0 Å². The topological polar surface area (TPSA) is 141 Å². The number of aromatic hydroxyl groups is 1. The lowest BCUT2D eigenvalue weighted by Crippen LogP contribution is -2.17. The van der Waals surface area contributed by atoms with E-state index in [0.717, 1.165) is 6.26 Å². The molecule has 0 fully saturated rings. The van der Waals surface area contributed by atoms with E-state index < -0.39 is 9.84 Å². The molecule has 0 bridgehead atoms. The number of para-hydroxylation sites is 1. The predicted molar refractivity (Wildman–Crippen MR) is 111 cm³/mol. The highest BCUT2D eigenvalue weighted by Gasteiger charge is 2.20. The van der Waals surface area contributed by atoms with Crippen molar-refractivity contribution >= 4 is 38.8 Å². The third-order valence-electron chi connectivity index (χ3n) is 4.08. The number of anilines is 2. The minimum atomic E-state index is -3.27. The summed E-state index contributed by atoms with van der Waals surface area (Å²) in [6.45, 7) is 3.87. The van der Waals surface area contributed by atoms with Crippen LogP contribution in [0.2, 0.25) is 0 Å². The summed E-state index contributed by atoms with van der Waals surface area (Å²) >= 11 is 0. The molecule has 0 aliphatic carbocycles. The SMILES string of the molecule is C=C(C=NC(=N)C(N)=C1Nc2cccc(O)c2N1)c1ccc(S(C)(=O)=O)cc1. The number of phenols is 1. The smallest absolute Gasteiger partial charge is 0.175 e. The first-order valence-electron chi connectivity index (χ1n) is 8.15. The quantitative estimate of drug-likeness (QED) is 0.305. The zero-order valence-corrected chi connectivity index (χ0v) is 15.8. The Morgan fingerprint density at radius 1 is 1.21 bits per heavy atom. The summed E-state index contributed by atoms with van der Waals surface area (Å²) in [5, 5.41) is 23.8. The summed E-state index contributed by atoms with van der Waals surface area (Å²) in [7, 11) is -3.27. The minimum absolute atomic E-state index is 0.0621. The normalized spacial score (nSPS) is 14.9. The number of allylic oxidation sites excluding steroid dienone is 1. The highest BCUT2D eigenvalue weighted by atomic mass is 32.2. The largest absolute Gasteiger partial charge is 0.506 e. The molecule has 1 aliphatic heterocycles. The number of fused-ring (bicyclic) bond motifs is 1. The molecule has 1 aliphatic rings. The van der Waals surface area contributed by atoms with Crippen LogP contribution in [0.1, 0.15) is 5.56 Å². The van der Waals surface area contributed by atoms with E-state index in [4.69, 9.17) is 11.1 Å². The highest BCUT2D eigenvalue weighted by molar-refractivity contribution is 7.90. The lowest BCUT2D eigenvalue weighted by Gasteiger charge is -2.06. The van der Waals surface area contributed by atoms with E-state index >= 15 is 0 Å². The van der Waals surface area contributed by atoms with Gasteiger partial charge in [-0.25, -0.2) is 13.4 Å². The van der Waals surface area contributed by atoms with Gasteiger partial charge in [-0.2, -0.15) is 0 Å². The number of aliphatic imine (C=N–C) groups is 1. The zero-order chi connectivity index (χ0) is 20.5. The van der Waals surface area contributed by atoms with Crippen molar-refractivity contribution in [2.24, 2.45) is 10.7 Å². The summed E-state index contributed by atoms with van der Waals surface area (Å²) in [6.07, 6.45) is 2.52. The number of hydrogen-bond acceptors (Lipinski definition) is 7. The van der Waals surface area contributed by atoms with Gasteiger partial charge in [0.2, 0.25) is 0 Å². The standard InChI is InChI=1S/C19H19N5O3S/c1-11(12-6-8-13(9-7-12)28(2,26)27)10-22-18(21)16(20)19-23-14-4-3-5-15(25)17(14)24-19/h3-10,21,23-25H,1,20H2,2H3. The summed E-state index contributed by atoms with van der Waals surface area (Å²) < 4.78 is 23.0. The monoisotopic (exact) mass is 397 g/mol. The molecule has 9 heteroatoms. The van der Waals surface area contributed by atoms with Crippen LogP contribution in [0.25, 0.3) is 5.57 Å². The van der Waals surface area contributed by atoms with Crippen molar-refractivity contribution in [3.05, 3.63) is 66.1 Å². The van der Waals surface area contributed by atoms with Crippen molar-refractivity contribution in [2.75, 3.05) is 16.9 Å². The average molecular weight is 397 g/mol. The molecular formula is C19H19N5O3S. The second kappa shape index (κ2) is 7.20. The lowest BCUT2D eigenvalue weighted by atomic mass is 10.1. The van der Waals surface area contributed by atoms with Gasteiger partial charge in [0.05, 0.1) is 10.6 Å². The van der Waals surface area contributed by atoms with Crippen molar-refractivity contribution in [2.45, 2.75) is 4.90 Å². The third kappa shape index (κ3) is 3.89. The Morgan fingerprint density at radius 3 is 2.50 bits per heavy atom. The summed E-state index contributed by atoms with van der Waals surface area (Å²) in [5.41, 5.74) is 8.34. The van der Waals surface area contributed by atoms with Gasteiger partial charge in [0.25, 0.3) is 0 Å². The van der Waals surface area contributed by atoms with Crippen LogP contribution in [-0.2, 0) is 9.84 Å². The second-order valence-electron chi connectivity index (χ2n) is 6.17. The Hall–Kier alpha value is -3.59. The maximum absolute atomic E-state index is 11.5. The Labute approximate surface area is 162 Å². The van der Waals surface area contributed by atoms with Crippen molar-refractivity contribution < 1.29 is 13.5 Å². The van der Waals surface area contributed by atoms with E-state index in [2.05, 4.69) is 22.2 Å². The number of nitrogens with one attached hydrogen (secondary N) is 3. The van der Waals surface area contributed by atoms with Gasteiger partial charge in [-0.05, 0) is 35.4 Å². The number of hydrogen-bond donors (Lipinski definition) is 5. The van der Waals surface area contributed by atoms with Crippen LogP contribution in [0.15, 0.2) is 70.4 Å². The molecule has 0 saturated heterocycles. The van der Waals surface area contributed by atoms with E-state index in [1.807, 2.05) is 0 Å². The molecule has 0 atom stereocenters. The third-order valence-corrected chi connectivity index (χ3v) is 5.21. The number of amidine groups is 1. The van der Waals surface area contributed by atoms with Gasteiger partial charge in [0.15, 0.2) is 15.7 Å². The molecular weight excluding hydrogens is 378 g/mol. The minimum Gasteiger partial charge on any atom is -0.506 e. The fraction of sp³-hybridized carbons (Fsp3) is 0.0526. The molecule has 2 aromatic rings. The van der Waals surface area contributed by atoms with Crippen molar-refractivity contribution in [1.29, 1.82) is 5.41 Å². The average Bonchev–Trinajstić information content (AvgIpc) is 3.10. The van der Waals surface area contributed by atoms with Crippen LogP contribution in [0.5, 0.6) is 5.75 Å². The highest BCUT2D eigenvalue weighted by Crippen LogP contribution is 2.38. The Bertz CT molecular complexity index is 1130. The fourth-order valence-corrected chi connectivity index (χ4v) is 3.15. The Morgan fingerprint density at radius 2 is 1.89 bits per heavy atom. The van der Waals surface area contributed by atoms with Crippen LogP contribution in [0.3, 0.4) is 0 Å². The fourth-order valence-electron chi connectivity index (χ4n) is 2.52. The van der Waals surface area contributed by atoms with Crippen LogP contribution in [0.4, 0.5) is 11.4 Å². The number of nitrogens with zero attached hydrogens (tertiary/aromatic N) is 1. The molecule has 0 amide bonds. The van der Waals surface area contributed by atoms with Crippen molar-refractivity contribution in [3.63, 3.8) is 0 Å². The van der Waals surface area contributed by atoms with E-state index in [1.165, 1.54) is 24.4 Å². The first-order valence-corrected chi connectivity index (χ1v) is 10.0. The second-order valence-corrected chi connectivity index (χ2v) is 8.18. The van der Waals surface area contributed by atoms with E-state index in [1.54, 1.807) is 24.3 Å². The van der Waals surface area contributed by atoms with E-state index in [9.17, 15) is 13.5 Å². The Balaban J connectivity index is 1.73. The molecule has 0 radical (unpaired) electrons. The molecule has 144 valence electrons. The van der Waals surface area contributed by atoms with Crippen molar-refractivity contribution in [3.8, 4) is 5.75 Å². The molecule has 2 aromatic carbocycles. The molecule has 0 spiro atoms. The number of sulfone groups is 1. The van der Waals surface area contributed by atoms with Gasteiger partial charge in [0.1, 0.15) is 23.0 Å². The van der Waals surface area contributed by atoms with Crippen LogP contribution >= 0.6 is 0 Å². The van der Waals surface area contributed by atoms with Crippen LogP contribution in [-0.4, -0.2) is 31.8 Å². The van der Waals surface area contributed by atoms with Gasteiger partial charge in [0, 0.05) is 12.5 Å². The molecule has 0 aromatic heterocycles. The molecule has 3 rings (SSSR count). The maximum Gasteiger partial charge on any atom is 0.175 e. The van der Waals surface area contributed by atoms with Gasteiger partial charge < -0.3 is 21.5 Å². The van der Waals surface area contributed by atoms with Gasteiger partial charge >= 0.3 is 0 Å². The molecule has 8 nitrogen and oxygen atoms in total. The first-order chi connectivity index (χ1) is 13.2. The Kier molecular flexibility index (Phi) is 4.93. The maximum atomic E-state index is 11.5. The molecule has 0 unspecified atom stereocenters. The number of nitrogens with two attached hydrogens (primary N) is 1. The number of benzene rings is 2. The van der Waals surface area contributed by atoms with E-state index in [0.29, 0.717) is 28.3 Å². The van der Waals surface area contributed by atoms with Gasteiger partial charge in [-0.3, -0.25) is 5.41 Å². The molecule has 0 saturated carbocycles. The molecule has 1 heterocycles. The molecule has 28 heavy (non-hydrogen) atoms. The summed E-state index contributed by atoms with van der Waals surface area (Å²) in [4.78, 5) is 4.23. The summed E-state index contributed by atoms with van der Waals surface area (Å²) in [6, 6.07) is 11.2. The summed E-state index contributed by atoms with van der Waals surface area (Å²) in [5.74, 6) is 0.215. The molecule has 6 N–H and O–H groups in total. The lowest BCUT2D eigenvalue weighted by molar-refractivity contribution is 0.478. The van der Waals surface area contributed by atoms with Crippen LogP contribution in [0, 0.1) is 5.41 Å². The van der Waals surface area contributed by atoms with E-state index in [-0.39, 0.29) is 22.2 Å². The van der Waals surface area contributed by atoms with Crippen LogP contribution < -0.4 is 16.4 Å². The predicted octanol–water partition coefficient (Wildman–Crippen LogP) is 2.52. The first kappa shape index (κ1) is 19.2. The van der Waals surface area contributed by atoms with Gasteiger partial charge in [-0.15, -0.1) is 0 Å². The van der Waals surface area contributed by atoms with Gasteiger partial charge in [-0.1, -0.05) is 24.8 Å². The number of rotatable bonds is 4. The zero-order valence-electron chi connectivity index (χ0n) is 15.0. The number of phenolic OH excluding ortho intramolecular Hbond substituents is 1.